The van der Waals surface area contributed by atoms with Crippen LogP contribution in [0.1, 0.15) is 32.1 Å². The Kier molecular flexibility index (Phi) is 1.41. The van der Waals surface area contributed by atoms with Crippen molar-refractivity contribution >= 4 is 5.78 Å². The van der Waals surface area contributed by atoms with Crippen LogP contribution in [0.2, 0.25) is 0 Å². The Morgan fingerprint density at radius 2 is 2.36 bits per heavy atom. The Morgan fingerprint density at radius 3 is 2.91 bits per heavy atom. The maximum absolute atomic E-state index is 11.1. The summed E-state index contributed by atoms with van der Waals surface area (Å²) in [5.74, 6) is 1.12. The van der Waals surface area contributed by atoms with Gasteiger partial charge in [0.15, 0.2) is 0 Å². The molecule has 0 saturated heterocycles. The second kappa shape index (κ2) is 2.20. The van der Waals surface area contributed by atoms with Crippen LogP contribution in [0.5, 0.6) is 0 Å². The average molecular weight is 150 g/mol. The Hall–Kier alpha value is -0.590. The van der Waals surface area contributed by atoms with Crippen LogP contribution in [-0.4, -0.2) is 5.78 Å². The lowest BCUT2D eigenvalue weighted by Gasteiger charge is -2.24. The van der Waals surface area contributed by atoms with Crippen molar-refractivity contribution in [1.29, 1.82) is 0 Å². The van der Waals surface area contributed by atoms with Gasteiger partial charge in [-0.05, 0) is 25.2 Å². The number of hydrogen-bond donors (Lipinski definition) is 0. The lowest BCUT2D eigenvalue weighted by atomic mass is 9.79. The van der Waals surface area contributed by atoms with Crippen molar-refractivity contribution < 1.29 is 4.79 Å². The van der Waals surface area contributed by atoms with Gasteiger partial charge >= 0.3 is 0 Å². The minimum atomic E-state index is 0.150. The molecule has 0 aromatic rings. The molecule has 0 amide bonds. The van der Waals surface area contributed by atoms with E-state index in [1.807, 2.05) is 6.08 Å². The van der Waals surface area contributed by atoms with E-state index in [0.29, 0.717) is 11.7 Å². The van der Waals surface area contributed by atoms with Crippen molar-refractivity contribution in [3.8, 4) is 0 Å². The fourth-order valence-electron chi connectivity index (χ4n) is 2.29. The van der Waals surface area contributed by atoms with Gasteiger partial charge in [0.2, 0.25) is 0 Å². The molecule has 0 aromatic heterocycles. The number of ketones is 1. The van der Waals surface area contributed by atoms with Crippen molar-refractivity contribution in [2.45, 2.75) is 32.1 Å². The van der Waals surface area contributed by atoms with Gasteiger partial charge in [-0.15, -0.1) is 6.58 Å². The summed E-state index contributed by atoms with van der Waals surface area (Å²) in [5.41, 5.74) is 0.150. The lowest BCUT2D eigenvalue weighted by molar-refractivity contribution is -0.113. The Bertz CT molecular complexity index is 207. The van der Waals surface area contributed by atoms with Crippen molar-refractivity contribution in [3.05, 3.63) is 12.7 Å². The summed E-state index contributed by atoms with van der Waals surface area (Å²) in [7, 11) is 0. The van der Waals surface area contributed by atoms with Gasteiger partial charge in [-0.2, -0.15) is 0 Å². The van der Waals surface area contributed by atoms with Crippen LogP contribution >= 0.6 is 0 Å². The van der Waals surface area contributed by atoms with Crippen molar-refractivity contribution in [2.24, 2.45) is 11.3 Å². The van der Waals surface area contributed by atoms with Gasteiger partial charge in [0.05, 0.1) is 0 Å². The summed E-state index contributed by atoms with van der Waals surface area (Å²) in [6.45, 7) is 3.79. The van der Waals surface area contributed by atoms with Gasteiger partial charge in [0, 0.05) is 11.8 Å². The molecule has 0 heterocycles. The fourth-order valence-corrected chi connectivity index (χ4v) is 2.29. The summed E-state index contributed by atoms with van der Waals surface area (Å²) >= 11 is 0. The third kappa shape index (κ3) is 1.03. The molecule has 11 heavy (non-hydrogen) atoms. The molecule has 2 aliphatic rings. The van der Waals surface area contributed by atoms with E-state index in [4.69, 9.17) is 0 Å². The van der Waals surface area contributed by atoms with E-state index in [0.717, 1.165) is 19.3 Å². The number of allylic oxidation sites excluding steroid dienone is 1. The topological polar surface area (TPSA) is 17.1 Å². The molecule has 0 bridgehead atoms. The summed E-state index contributed by atoms with van der Waals surface area (Å²) in [6.07, 6.45) is 7.59. The third-order valence-corrected chi connectivity index (χ3v) is 3.18. The minimum absolute atomic E-state index is 0.150. The van der Waals surface area contributed by atoms with Crippen LogP contribution in [0.15, 0.2) is 12.7 Å². The van der Waals surface area contributed by atoms with Gasteiger partial charge in [-0.25, -0.2) is 0 Å². The molecule has 0 aromatic carbocycles. The van der Waals surface area contributed by atoms with Gasteiger partial charge in [-0.3, -0.25) is 4.79 Å². The van der Waals surface area contributed by atoms with Gasteiger partial charge in [0.1, 0.15) is 5.78 Å². The van der Waals surface area contributed by atoms with E-state index >= 15 is 0 Å². The Morgan fingerprint density at radius 1 is 1.64 bits per heavy atom. The first-order valence-corrected chi connectivity index (χ1v) is 4.43. The highest BCUT2D eigenvalue weighted by Crippen LogP contribution is 2.54. The molecule has 2 atom stereocenters. The van der Waals surface area contributed by atoms with Crippen LogP contribution in [0.25, 0.3) is 0 Å². The van der Waals surface area contributed by atoms with E-state index < -0.39 is 0 Å². The number of Topliss-reactive ketones (excluding diaryl/α,β-unsaturated/α-hetero) is 1. The molecule has 2 unspecified atom stereocenters. The molecule has 1 heteroatoms. The highest BCUT2D eigenvalue weighted by molar-refractivity contribution is 6.00. The molecule has 0 aliphatic heterocycles. The second-order valence-corrected chi connectivity index (χ2v) is 3.97. The zero-order valence-electron chi connectivity index (χ0n) is 6.81. The van der Waals surface area contributed by atoms with E-state index in [2.05, 4.69) is 6.58 Å². The summed E-state index contributed by atoms with van der Waals surface area (Å²) < 4.78 is 0. The van der Waals surface area contributed by atoms with E-state index in [9.17, 15) is 4.79 Å². The predicted molar refractivity (Wildman–Crippen MR) is 44.2 cm³/mol. The lowest BCUT2D eigenvalue weighted by Crippen LogP contribution is -2.16. The Balaban J connectivity index is 2.04. The highest BCUT2D eigenvalue weighted by atomic mass is 16.1. The van der Waals surface area contributed by atoms with Crippen LogP contribution < -0.4 is 0 Å². The molecule has 2 fully saturated rings. The first-order chi connectivity index (χ1) is 5.27. The SMILES string of the molecule is C=CC1CCCC2(CC2=O)C1. The number of hydrogen-bond acceptors (Lipinski definition) is 1. The van der Waals surface area contributed by atoms with Gasteiger partial charge in [0.25, 0.3) is 0 Å². The fraction of sp³-hybridized carbons (Fsp3) is 0.700. The van der Waals surface area contributed by atoms with Gasteiger partial charge in [-0.1, -0.05) is 12.5 Å². The normalized spacial score (nSPS) is 42.5. The van der Waals surface area contributed by atoms with Crippen LogP contribution in [0.4, 0.5) is 0 Å². The molecule has 60 valence electrons. The first kappa shape index (κ1) is 7.08. The first-order valence-electron chi connectivity index (χ1n) is 4.43. The average Bonchev–Trinajstić information content (AvgIpc) is 2.61. The monoisotopic (exact) mass is 150 g/mol. The molecule has 0 N–H and O–H groups in total. The molecular weight excluding hydrogens is 136 g/mol. The maximum Gasteiger partial charge on any atom is 0.140 e. The van der Waals surface area contributed by atoms with Crippen molar-refractivity contribution in [1.82, 2.24) is 0 Å². The molecule has 2 saturated carbocycles. The van der Waals surface area contributed by atoms with E-state index in [1.54, 1.807) is 0 Å². The number of rotatable bonds is 1. The quantitative estimate of drug-likeness (QED) is 0.524. The van der Waals surface area contributed by atoms with Crippen molar-refractivity contribution in [2.75, 3.05) is 0 Å². The molecular formula is C10H14O. The molecule has 2 rings (SSSR count). The molecule has 1 spiro atoms. The van der Waals surface area contributed by atoms with Crippen molar-refractivity contribution in [3.63, 3.8) is 0 Å². The smallest absolute Gasteiger partial charge is 0.140 e. The summed E-state index contributed by atoms with van der Waals surface area (Å²) in [6, 6.07) is 0. The van der Waals surface area contributed by atoms with Crippen LogP contribution in [-0.2, 0) is 4.79 Å². The summed E-state index contributed by atoms with van der Waals surface area (Å²) in [5, 5.41) is 0. The predicted octanol–water partition coefficient (Wildman–Crippen LogP) is 2.32. The molecule has 1 nitrogen and oxygen atoms in total. The minimum Gasteiger partial charge on any atom is -0.299 e. The standard InChI is InChI=1S/C10H14O/c1-2-8-4-3-5-10(6-8)7-9(10)11/h2,8H,1,3-7H2. The molecule has 0 radical (unpaired) electrons. The second-order valence-electron chi connectivity index (χ2n) is 3.97. The number of carbonyl (C=O) groups excluding carboxylic acids is 1. The van der Waals surface area contributed by atoms with Crippen LogP contribution in [0.3, 0.4) is 0 Å². The van der Waals surface area contributed by atoms with Gasteiger partial charge < -0.3 is 0 Å². The molecule has 2 aliphatic carbocycles. The summed E-state index contributed by atoms with van der Waals surface area (Å²) in [4.78, 5) is 11.1. The Labute approximate surface area is 67.5 Å². The number of carbonyl (C=O) groups is 1. The van der Waals surface area contributed by atoms with Crippen LogP contribution in [0, 0.1) is 11.3 Å². The zero-order valence-corrected chi connectivity index (χ0v) is 6.81. The highest BCUT2D eigenvalue weighted by Gasteiger charge is 2.54. The largest absolute Gasteiger partial charge is 0.299 e. The van der Waals surface area contributed by atoms with E-state index in [-0.39, 0.29) is 5.41 Å². The zero-order chi connectivity index (χ0) is 7.90. The maximum atomic E-state index is 11.1. The third-order valence-electron chi connectivity index (χ3n) is 3.18. The van der Waals surface area contributed by atoms with E-state index in [1.165, 1.54) is 12.8 Å².